The van der Waals surface area contributed by atoms with Crippen LogP contribution in [0.3, 0.4) is 0 Å². The highest BCUT2D eigenvalue weighted by atomic mass is 15.0. The highest BCUT2D eigenvalue weighted by Crippen LogP contribution is 2.39. The van der Waals surface area contributed by atoms with Crippen LogP contribution in [0.4, 0.5) is 0 Å². The predicted molar refractivity (Wildman–Crippen MR) is 263 cm³/mol. The maximum Gasteiger partial charge on any atom is 0.0645 e. The number of fused-ring (bicyclic) bond motifs is 9. The van der Waals surface area contributed by atoms with Gasteiger partial charge in [-0.2, -0.15) is 0 Å². The summed E-state index contributed by atoms with van der Waals surface area (Å²) in [6, 6.07) is 32.7. The Kier molecular flexibility index (Phi) is 14.2. The van der Waals surface area contributed by atoms with Gasteiger partial charge in [-0.05, 0) is 107 Å². The van der Waals surface area contributed by atoms with Gasteiger partial charge in [0.2, 0.25) is 0 Å². The lowest BCUT2D eigenvalue weighted by Gasteiger charge is -2.09. The van der Waals surface area contributed by atoms with Crippen molar-refractivity contribution in [1.29, 1.82) is 0 Å². The number of nitrogens with zero attached hydrogens (tertiary/aromatic N) is 2. The Morgan fingerprint density at radius 1 is 0.333 bits per heavy atom. The van der Waals surface area contributed by atoms with E-state index in [-0.39, 0.29) is 0 Å². The molecule has 8 aromatic rings. The molecule has 0 saturated heterocycles. The number of H-pyrrole nitrogens is 2. The monoisotopic (exact) mass is 801 g/mol. The number of aromatic nitrogens is 4. The van der Waals surface area contributed by atoms with Crippen molar-refractivity contribution in [2.45, 2.75) is 155 Å². The molecule has 4 aromatic heterocycles. The summed E-state index contributed by atoms with van der Waals surface area (Å²) in [7, 11) is 4.48. The van der Waals surface area contributed by atoms with Crippen molar-refractivity contribution in [2.24, 2.45) is 14.1 Å². The zero-order valence-electron chi connectivity index (χ0n) is 37.5. The van der Waals surface area contributed by atoms with E-state index in [9.17, 15) is 0 Å². The second-order valence-electron chi connectivity index (χ2n) is 18.2. The van der Waals surface area contributed by atoms with Crippen molar-refractivity contribution in [3.8, 4) is 22.8 Å². The number of nitrogens with one attached hydrogen (secondary N) is 2. The lowest BCUT2D eigenvalue weighted by atomic mass is 9.94. The molecule has 0 aliphatic carbocycles. The second-order valence-corrected chi connectivity index (χ2v) is 18.2. The number of unbranched alkanes of at least 4 members (excludes halogenated alkanes) is 18. The van der Waals surface area contributed by atoms with Crippen LogP contribution in [0, 0.1) is 0 Å². The minimum absolute atomic E-state index is 1.15. The summed E-state index contributed by atoms with van der Waals surface area (Å²) in [5.74, 6) is 0. The van der Waals surface area contributed by atoms with Gasteiger partial charge in [-0.25, -0.2) is 0 Å². The molecule has 8 rings (SSSR count). The first-order chi connectivity index (χ1) is 29.6. The van der Waals surface area contributed by atoms with Crippen molar-refractivity contribution in [3.63, 3.8) is 0 Å². The van der Waals surface area contributed by atoms with E-state index in [1.165, 1.54) is 217 Å². The molecule has 2 N–H and O–H groups in total. The summed E-state index contributed by atoms with van der Waals surface area (Å²) in [5, 5.41) is 10.5. The summed E-state index contributed by atoms with van der Waals surface area (Å²) in [6.07, 6.45) is 29.9. The third kappa shape index (κ3) is 9.29. The van der Waals surface area contributed by atoms with E-state index in [4.69, 9.17) is 0 Å². The summed E-state index contributed by atoms with van der Waals surface area (Å²) < 4.78 is 4.82. The van der Waals surface area contributed by atoms with E-state index in [2.05, 4.69) is 132 Å². The first-order valence-electron chi connectivity index (χ1n) is 24.3. The Morgan fingerprint density at radius 2 is 0.633 bits per heavy atom. The third-order valence-corrected chi connectivity index (χ3v) is 14.0. The van der Waals surface area contributed by atoms with Gasteiger partial charge in [0.25, 0.3) is 0 Å². The molecule has 0 amide bonds. The molecule has 0 saturated carbocycles. The smallest absolute Gasteiger partial charge is 0.0645 e. The quantitative estimate of drug-likeness (QED) is 0.0451. The molecule has 0 spiro atoms. The number of aryl methyl sites for hydroxylation is 2. The standard InChI is InChI=1S/C56H72N4/c1-5-7-9-11-13-15-17-19-21-23-25-41-27-37-55(59(41)3)53-39-49-47-31-29-44-43(45(47)33-35-51(49)57-53)30-32-48-46(44)34-36-52-50(48)40-54(58-52)56-38-28-42(60(56)4)26-24-22-20-18-16-14-12-10-8-6-2/h27-40,57-58H,5-26H2,1-4H3. The largest absolute Gasteiger partial charge is 0.353 e. The van der Waals surface area contributed by atoms with Crippen LogP contribution in [0.5, 0.6) is 0 Å². The molecule has 316 valence electrons. The molecular weight excluding hydrogens is 729 g/mol. The molecular formula is C56H72N4. The molecule has 4 heteroatoms. The fourth-order valence-corrected chi connectivity index (χ4v) is 10.3. The Labute approximate surface area is 360 Å². The molecule has 0 radical (unpaired) electrons. The third-order valence-electron chi connectivity index (χ3n) is 14.0. The molecule has 0 bridgehead atoms. The minimum Gasteiger partial charge on any atom is -0.353 e. The highest BCUT2D eigenvalue weighted by Gasteiger charge is 2.16. The predicted octanol–water partition coefficient (Wildman–Crippen LogP) is 17.0. The van der Waals surface area contributed by atoms with E-state index in [0.717, 1.165) is 12.8 Å². The highest BCUT2D eigenvalue weighted by molar-refractivity contribution is 6.25. The van der Waals surface area contributed by atoms with Crippen LogP contribution in [-0.2, 0) is 26.9 Å². The van der Waals surface area contributed by atoms with Gasteiger partial charge >= 0.3 is 0 Å². The normalized spacial score (nSPS) is 12.1. The van der Waals surface area contributed by atoms with E-state index in [0.29, 0.717) is 0 Å². The zero-order chi connectivity index (χ0) is 41.3. The average Bonchev–Trinajstić information content (AvgIpc) is 4.07. The van der Waals surface area contributed by atoms with Gasteiger partial charge in [-0.15, -0.1) is 0 Å². The van der Waals surface area contributed by atoms with Crippen molar-refractivity contribution in [2.75, 3.05) is 0 Å². The molecule has 0 aliphatic heterocycles. The Morgan fingerprint density at radius 3 is 0.983 bits per heavy atom. The van der Waals surface area contributed by atoms with Crippen LogP contribution in [-0.4, -0.2) is 19.1 Å². The van der Waals surface area contributed by atoms with E-state index in [1.807, 2.05) is 0 Å². The number of hydrogen-bond donors (Lipinski definition) is 2. The first-order valence-corrected chi connectivity index (χ1v) is 24.3. The van der Waals surface area contributed by atoms with Crippen LogP contribution in [0.15, 0.2) is 84.9 Å². The van der Waals surface area contributed by atoms with Crippen molar-refractivity contribution in [3.05, 3.63) is 96.3 Å². The summed E-state index contributed by atoms with van der Waals surface area (Å²) in [4.78, 5) is 7.57. The van der Waals surface area contributed by atoms with Gasteiger partial charge in [0.15, 0.2) is 0 Å². The fourth-order valence-electron chi connectivity index (χ4n) is 10.3. The van der Waals surface area contributed by atoms with Crippen LogP contribution in [0.2, 0.25) is 0 Å². The van der Waals surface area contributed by atoms with Crippen molar-refractivity contribution in [1.82, 2.24) is 19.1 Å². The number of aromatic amines is 2. The Hall–Kier alpha value is -4.70. The lowest BCUT2D eigenvalue weighted by molar-refractivity contribution is 0.554. The lowest BCUT2D eigenvalue weighted by Crippen LogP contribution is -1.98. The van der Waals surface area contributed by atoms with Crippen LogP contribution < -0.4 is 0 Å². The Balaban J connectivity index is 0.939. The van der Waals surface area contributed by atoms with Crippen molar-refractivity contribution >= 4 is 54.1 Å². The van der Waals surface area contributed by atoms with Gasteiger partial charge in [0, 0.05) is 47.3 Å². The van der Waals surface area contributed by atoms with Gasteiger partial charge in [-0.3, -0.25) is 0 Å². The topological polar surface area (TPSA) is 41.4 Å². The maximum atomic E-state index is 3.79. The minimum atomic E-state index is 1.15. The number of benzene rings is 4. The van der Waals surface area contributed by atoms with Crippen LogP contribution >= 0.6 is 0 Å². The van der Waals surface area contributed by atoms with Gasteiger partial charge < -0.3 is 19.1 Å². The second kappa shape index (κ2) is 20.2. The molecule has 4 aromatic carbocycles. The Bertz CT molecular complexity index is 2440. The van der Waals surface area contributed by atoms with E-state index >= 15 is 0 Å². The van der Waals surface area contributed by atoms with Crippen LogP contribution in [0.25, 0.3) is 76.9 Å². The zero-order valence-corrected chi connectivity index (χ0v) is 37.5. The van der Waals surface area contributed by atoms with Gasteiger partial charge in [0.1, 0.15) is 0 Å². The number of hydrogen-bond acceptors (Lipinski definition) is 0. The average molecular weight is 801 g/mol. The maximum absolute atomic E-state index is 3.79. The summed E-state index contributed by atoms with van der Waals surface area (Å²) >= 11 is 0. The van der Waals surface area contributed by atoms with E-state index in [1.54, 1.807) is 0 Å². The van der Waals surface area contributed by atoms with Crippen molar-refractivity contribution < 1.29 is 0 Å². The molecule has 0 atom stereocenters. The van der Waals surface area contributed by atoms with E-state index < -0.39 is 0 Å². The van der Waals surface area contributed by atoms with Crippen LogP contribution in [0.1, 0.15) is 154 Å². The molecule has 0 aliphatic rings. The molecule has 4 heterocycles. The van der Waals surface area contributed by atoms with Gasteiger partial charge in [0.05, 0.1) is 22.8 Å². The SMILES string of the molecule is CCCCCCCCCCCCc1ccc(-c2cc3c(ccc4c3ccc3c5ccc6[nH]c(-c7ccc(CCCCCCCCCCCC)n7C)cc6c5ccc43)[nH]2)n1C. The molecule has 0 unspecified atom stereocenters. The van der Waals surface area contributed by atoms with Gasteiger partial charge in [-0.1, -0.05) is 166 Å². The summed E-state index contributed by atoms with van der Waals surface area (Å²) in [5.41, 5.74) is 10.2. The molecule has 0 fully saturated rings. The first kappa shape index (κ1) is 42.0. The number of rotatable bonds is 24. The fraction of sp³-hybridized carbons (Fsp3) is 0.464. The summed E-state index contributed by atoms with van der Waals surface area (Å²) in [6.45, 7) is 4.60. The molecule has 4 nitrogen and oxygen atoms in total. The molecule has 60 heavy (non-hydrogen) atoms.